The van der Waals surface area contributed by atoms with Crippen LogP contribution in [0.2, 0.25) is 0 Å². The number of benzene rings is 11. The van der Waals surface area contributed by atoms with Crippen molar-refractivity contribution in [1.82, 2.24) is 0 Å². The minimum absolute atomic E-state index is 0.804. The summed E-state index contributed by atoms with van der Waals surface area (Å²) in [5, 5.41) is 4.74. The van der Waals surface area contributed by atoms with E-state index in [0.29, 0.717) is 0 Å². The van der Waals surface area contributed by atoms with E-state index >= 15 is 0 Å². The molecule has 0 fully saturated rings. The maximum absolute atomic E-state index is 7.42. The van der Waals surface area contributed by atoms with E-state index in [0.717, 1.165) is 67.3 Å². The van der Waals surface area contributed by atoms with E-state index in [9.17, 15) is 0 Å². The number of fused-ring (bicyclic) bond motifs is 7. The van der Waals surface area contributed by atoms with Gasteiger partial charge in [0.25, 0.3) is 0 Å². The summed E-state index contributed by atoms with van der Waals surface area (Å²) in [5.41, 5.74) is 16.8. The number of ether oxygens (including phenoxy) is 1. The van der Waals surface area contributed by atoms with E-state index in [4.69, 9.17) is 4.74 Å². The first-order chi connectivity index (χ1) is 31.7. The predicted octanol–water partition coefficient (Wildman–Crippen LogP) is 17.6. The quantitative estimate of drug-likeness (QED) is 0.159. The van der Waals surface area contributed by atoms with Crippen molar-refractivity contribution in [3.8, 4) is 78.3 Å². The molecule has 12 rings (SSSR count). The third-order valence-electron chi connectivity index (χ3n) is 12.7. The number of hydrogen-bond acceptors (Lipinski definition) is 2. The average Bonchev–Trinajstić information content (AvgIpc) is 3.51. The van der Waals surface area contributed by atoms with E-state index < -0.39 is 0 Å². The summed E-state index contributed by atoms with van der Waals surface area (Å²) >= 11 is 0. The minimum Gasteiger partial charge on any atom is -0.454 e. The van der Waals surface area contributed by atoms with Crippen molar-refractivity contribution in [2.45, 2.75) is 0 Å². The maximum atomic E-state index is 7.42. The fourth-order valence-corrected chi connectivity index (χ4v) is 9.53. The number of anilines is 3. The zero-order chi connectivity index (χ0) is 42.4. The maximum Gasteiger partial charge on any atom is 0.159 e. The van der Waals surface area contributed by atoms with Crippen molar-refractivity contribution in [1.29, 1.82) is 0 Å². The normalized spacial score (nSPS) is 11.6. The lowest BCUT2D eigenvalue weighted by Crippen LogP contribution is -2.11. The fraction of sp³-hybridized carbons (Fsp3) is 0. The van der Waals surface area contributed by atoms with E-state index in [1.165, 1.54) is 49.5 Å². The zero-order valence-corrected chi connectivity index (χ0v) is 35.0. The van der Waals surface area contributed by atoms with E-state index in [1.807, 2.05) is 0 Å². The summed E-state index contributed by atoms with van der Waals surface area (Å²) in [5.74, 6) is 1.63. The summed E-state index contributed by atoms with van der Waals surface area (Å²) < 4.78 is 7.42. The first kappa shape index (κ1) is 37.3. The lowest BCUT2D eigenvalue weighted by molar-refractivity contribution is 0.489. The van der Waals surface area contributed by atoms with Crippen LogP contribution in [0.25, 0.3) is 88.3 Å². The fourth-order valence-electron chi connectivity index (χ4n) is 9.53. The van der Waals surface area contributed by atoms with Crippen molar-refractivity contribution < 1.29 is 4.74 Å². The van der Waals surface area contributed by atoms with Crippen LogP contribution in [0.1, 0.15) is 0 Å². The lowest BCUT2D eigenvalue weighted by Gasteiger charge is -2.29. The molecule has 2 heteroatoms. The minimum atomic E-state index is 0.804. The molecule has 300 valence electrons. The van der Waals surface area contributed by atoms with Gasteiger partial charge in [0.2, 0.25) is 0 Å². The van der Waals surface area contributed by atoms with Crippen molar-refractivity contribution in [3.05, 3.63) is 249 Å². The van der Waals surface area contributed by atoms with Crippen LogP contribution < -0.4 is 9.64 Å². The summed E-state index contributed by atoms with van der Waals surface area (Å²) in [4.78, 5) is 2.35. The Bertz CT molecular complexity index is 3480. The van der Waals surface area contributed by atoms with E-state index in [1.54, 1.807) is 0 Å². The van der Waals surface area contributed by atoms with Crippen molar-refractivity contribution in [2.24, 2.45) is 0 Å². The van der Waals surface area contributed by atoms with Crippen LogP contribution in [0.4, 0.5) is 17.1 Å². The second kappa shape index (κ2) is 15.8. The monoisotopic (exact) mass is 815 g/mol. The molecule has 0 aliphatic carbocycles. The van der Waals surface area contributed by atoms with E-state index in [-0.39, 0.29) is 0 Å². The van der Waals surface area contributed by atoms with Gasteiger partial charge >= 0.3 is 0 Å². The Morgan fingerprint density at radius 2 is 0.703 bits per heavy atom. The molecule has 0 atom stereocenters. The first-order valence-electron chi connectivity index (χ1n) is 21.9. The van der Waals surface area contributed by atoms with Gasteiger partial charge in [-0.15, -0.1) is 0 Å². The highest BCUT2D eigenvalue weighted by Gasteiger charge is 2.29. The average molecular weight is 816 g/mol. The summed E-state index contributed by atoms with van der Waals surface area (Å²) in [6.45, 7) is 0. The van der Waals surface area contributed by atoms with Crippen LogP contribution in [0.3, 0.4) is 0 Å². The highest BCUT2D eigenvalue weighted by Crippen LogP contribution is 2.56. The Kier molecular flexibility index (Phi) is 9.20. The molecule has 64 heavy (non-hydrogen) atoms. The largest absolute Gasteiger partial charge is 0.454 e. The van der Waals surface area contributed by atoms with Gasteiger partial charge in [0, 0.05) is 28.1 Å². The molecule has 0 saturated heterocycles. The highest BCUT2D eigenvalue weighted by atomic mass is 16.5. The van der Waals surface area contributed by atoms with Gasteiger partial charge in [0.1, 0.15) is 5.75 Å². The van der Waals surface area contributed by atoms with Gasteiger partial charge in [-0.25, -0.2) is 0 Å². The molecular formula is C62H41NO. The summed E-state index contributed by atoms with van der Waals surface area (Å²) in [7, 11) is 0. The Labute approximate surface area is 373 Å². The molecular weight excluding hydrogens is 775 g/mol. The number of nitrogens with zero attached hydrogens (tertiary/aromatic N) is 1. The van der Waals surface area contributed by atoms with Crippen LogP contribution in [0.15, 0.2) is 249 Å². The Hall–Kier alpha value is -8.46. The molecule has 0 spiro atoms. The van der Waals surface area contributed by atoms with Gasteiger partial charge in [0.15, 0.2) is 5.75 Å². The summed E-state index contributed by atoms with van der Waals surface area (Å²) in [6, 6.07) is 89.5. The van der Waals surface area contributed by atoms with Gasteiger partial charge in [-0.3, -0.25) is 0 Å². The third kappa shape index (κ3) is 6.61. The molecule has 0 bridgehead atoms. The molecule has 1 aliphatic heterocycles. The summed E-state index contributed by atoms with van der Waals surface area (Å²) in [6.07, 6.45) is 0. The second-order valence-corrected chi connectivity index (χ2v) is 16.4. The molecule has 1 aliphatic rings. The SMILES string of the molecule is c1ccc(-c2ccc(-c3ccc(N(c4ccc(-c5ccccc5)cc4)c4cccc5c4Oc4cc6ccccc6cc4-c4cccc(-c6cccc7ccccc67)c4-5)cc3)cc2)cc1. The van der Waals surface area contributed by atoms with Crippen molar-refractivity contribution in [3.63, 3.8) is 0 Å². The molecule has 1 heterocycles. The Morgan fingerprint density at radius 1 is 0.281 bits per heavy atom. The molecule has 0 N–H and O–H groups in total. The number of rotatable bonds is 7. The van der Waals surface area contributed by atoms with Crippen LogP contribution in [-0.4, -0.2) is 0 Å². The molecule has 0 radical (unpaired) electrons. The van der Waals surface area contributed by atoms with Crippen molar-refractivity contribution >= 4 is 38.6 Å². The zero-order valence-electron chi connectivity index (χ0n) is 35.0. The number of para-hydroxylation sites is 1. The van der Waals surface area contributed by atoms with Crippen LogP contribution >= 0.6 is 0 Å². The van der Waals surface area contributed by atoms with Crippen LogP contribution in [-0.2, 0) is 0 Å². The standard InChI is InChI=1S/C62H41NO/c1-3-14-42(15-4-1)44-28-30-45(31-29-44)47-34-38-52(39-35-47)63(51-36-32-46(33-37-51)43-16-5-2-6-17-43)59-27-13-26-57-61-55(54-23-11-21-48-18-9-10-22-53(48)54)24-12-25-56(61)58-40-49-19-7-8-20-50(49)41-60(58)64-62(57)59/h1-41H. The molecule has 0 saturated carbocycles. The molecule has 0 aromatic heterocycles. The second-order valence-electron chi connectivity index (χ2n) is 16.4. The lowest BCUT2D eigenvalue weighted by atomic mass is 9.85. The highest BCUT2D eigenvalue weighted by molar-refractivity contribution is 6.08. The molecule has 11 aromatic carbocycles. The predicted molar refractivity (Wildman–Crippen MR) is 269 cm³/mol. The van der Waals surface area contributed by atoms with Gasteiger partial charge in [0.05, 0.1) is 5.69 Å². The molecule has 2 nitrogen and oxygen atoms in total. The van der Waals surface area contributed by atoms with Crippen molar-refractivity contribution in [2.75, 3.05) is 4.90 Å². The smallest absolute Gasteiger partial charge is 0.159 e. The number of hydrogen-bond donors (Lipinski definition) is 0. The van der Waals surface area contributed by atoms with Gasteiger partial charge in [-0.2, -0.15) is 0 Å². The van der Waals surface area contributed by atoms with Gasteiger partial charge in [-0.1, -0.05) is 206 Å². The van der Waals surface area contributed by atoms with Gasteiger partial charge in [-0.05, 0) is 114 Å². The van der Waals surface area contributed by atoms with E-state index in [2.05, 4.69) is 254 Å². The Morgan fingerprint density at radius 3 is 1.31 bits per heavy atom. The Balaban J connectivity index is 1.06. The molecule has 11 aromatic rings. The molecule has 0 unspecified atom stereocenters. The van der Waals surface area contributed by atoms with Gasteiger partial charge < -0.3 is 9.64 Å². The van der Waals surface area contributed by atoms with Crippen LogP contribution in [0, 0.1) is 0 Å². The topological polar surface area (TPSA) is 12.5 Å². The third-order valence-corrected chi connectivity index (χ3v) is 12.7. The van der Waals surface area contributed by atoms with Crippen LogP contribution in [0.5, 0.6) is 11.5 Å². The first-order valence-corrected chi connectivity index (χ1v) is 21.9. The molecule has 0 amide bonds.